The minimum absolute atomic E-state index is 0.199. The summed E-state index contributed by atoms with van der Waals surface area (Å²) in [6.45, 7) is 8.24. The zero-order valence-electron chi connectivity index (χ0n) is 9.26. The first-order chi connectivity index (χ1) is 5.97. The van der Waals surface area contributed by atoms with Crippen LogP contribution in [0.25, 0.3) is 0 Å². The zero-order valence-corrected chi connectivity index (χ0v) is 9.26. The van der Waals surface area contributed by atoms with E-state index in [4.69, 9.17) is 0 Å². The lowest BCUT2D eigenvalue weighted by molar-refractivity contribution is -0.142. The van der Waals surface area contributed by atoms with E-state index in [1.54, 1.807) is 0 Å². The molecule has 0 aliphatic rings. The minimum atomic E-state index is -0.209. The van der Waals surface area contributed by atoms with Gasteiger partial charge in [-0.1, -0.05) is 13.8 Å². The number of esters is 1. The van der Waals surface area contributed by atoms with Crippen molar-refractivity contribution in [3.05, 3.63) is 0 Å². The van der Waals surface area contributed by atoms with Crippen molar-refractivity contribution in [3.8, 4) is 0 Å². The van der Waals surface area contributed by atoms with Gasteiger partial charge >= 0.3 is 5.97 Å². The van der Waals surface area contributed by atoms with Crippen LogP contribution >= 0.6 is 0 Å². The van der Waals surface area contributed by atoms with E-state index in [0.29, 0.717) is 12.0 Å². The molecule has 0 aliphatic heterocycles. The number of methoxy groups -OCH3 is 1. The largest absolute Gasteiger partial charge is 0.468 e. The number of hydrogen-bond acceptors (Lipinski definition) is 3. The average molecular weight is 187 g/mol. The molecule has 0 radical (unpaired) electrons. The Morgan fingerprint density at radius 3 is 2.23 bits per heavy atom. The molecule has 0 amide bonds. The number of ether oxygens (including phenoxy) is 1. The maximum atomic E-state index is 11.0. The van der Waals surface area contributed by atoms with Crippen molar-refractivity contribution < 1.29 is 9.53 Å². The summed E-state index contributed by atoms with van der Waals surface area (Å²) in [4.78, 5) is 11.0. The maximum absolute atomic E-state index is 11.0. The van der Waals surface area contributed by atoms with E-state index in [1.165, 1.54) is 7.11 Å². The monoisotopic (exact) mass is 187 g/mol. The SMILES string of the molecule is COC(=O)[C@H](C)NC(C)CC(C)C. The molecule has 0 heterocycles. The summed E-state index contributed by atoms with van der Waals surface area (Å²) in [5.41, 5.74) is 0. The van der Waals surface area contributed by atoms with Gasteiger partial charge < -0.3 is 10.1 Å². The molecule has 0 spiro atoms. The second-order valence-corrected chi connectivity index (χ2v) is 3.94. The molecular weight excluding hydrogens is 166 g/mol. The highest BCUT2D eigenvalue weighted by molar-refractivity contribution is 5.75. The van der Waals surface area contributed by atoms with Gasteiger partial charge in [-0.25, -0.2) is 0 Å². The van der Waals surface area contributed by atoms with E-state index in [0.717, 1.165) is 6.42 Å². The van der Waals surface area contributed by atoms with Crippen LogP contribution in [0.1, 0.15) is 34.1 Å². The summed E-state index contributed by atoms with van der Waals surface area (Å²) in [7, 11) is 1.41. The van der Waals surface area contributed by atoms with Gasteiger partial charge in [0.05, 0.1) is 7.11 Å². The Morgan fingerprint density at radius 2 is 1.85 bits per heavy atom. The summed E-state index contributed by atoms with van der Waals surface area (Å²) in [5.74, 6) is 0.447. The van der Waals surface area contributed by atoms with E-state index >= 15 is 0 Å². The number of rotatable bonds is 5. The Labute approximate surface area is 80.8 Å². The van der Waals surface area contributed by atoms with E-state index < -0.39 is 0 Å². The Hall–Kier alpha value is -0.570. The molecular formula is C10H21NO2. The molecule has 0 aromatic carbocycles. The fraction of sp³-hybridized carbons (Fsp3) is 0.900. The van der Waals surface area contributed by atoms with Crippen LogP contribution in [0.4, 0.5) is 0 Å². The second kappa shape index (κ2) is 5.97. The van der Waals surface area contributed by atoms with Crippen molar-refractivity contribution in [2.75, 3.05) is 7.11 Å². The van der Waals surface area contributed by atoms with Crippen LogP contribution in [0.2, 0.25) is 0 Å². The van der Waals surface area contributed by atoms with E-state index in [1.807, 2.05) is 6.92 Å². The highest BCUT2D eigenvalue weighted by atomic mass is 16.5. The smallest absolute Gasteiger partial charge is 0.322 e. The van der Waals surface area contributed by atoms with E-state index in [-0.39, 0.29) is 12.0 Å². The minimum Gasteiger partial charge on any atom is -0.468 e. The molecule has 2 atom stereocenters. The maximum Gasteiger partial charge on any atom is 0.322 e. The zero-order chi connectivity index (χ0) is 10.4. The quantitative estimate of drug-likeness (QED) is 0.664. The standard InChI is InChI=1S/C10H21NO2/c1-7(2)6-8(3)11-9(4)10(12)13-5/h7-9,11H,6H2,1-5H3/t8?,9-/m0/s1. The third-order valence-electron chi connectivity index (χ3n) is 1.91. The molecule has 0 aromatic rings. The fourth-order valence-corrected chi connectivity index (χ4v) is 1.45. The van der Waals surface area contributed by atoms with Gasteiger partial charge in [-0.05, 0) is 26.2 Å². The summed E-state index contributed by atoms with van der Waals surface area (Å²) in [6, 6.07) is 0.146. The van der Waals surface area contributed by atoms with Gasteiger partial charge in [0, 0.05) is 6.04 Å². The summed E-state index contributed by atoms with van der Waals surface area (Å²) in [6.07, 6.45) is 1.07. The van der Waals surface area contributed by atoms with Crippen LogP contribution in [0, 0.1) is 5.92 Å². The predicted octanol–water partition coefficient (Wildman–Crippen LogP) is 1.57. The highest BCUT2D eigenvalue weighted by Gasteiger charge is 2.15. The molecule has 0 aromatic heterocycles. The number of carbonyl (C=O) groups is 1. The Morgan fingerprint density at radius 1 is 1.31 bits per heavy atom. The van der Waals surface area contributed by atoms with Crippen molar-refractivity contribution in [2.45, 2.75) is 46.2 Å². The van der Waals surface area contributed by atoms with Crippen LogP contribution in [-0.4, -0.2) is 25.2 Å². The number of nitrogens with one attached hydrogen (secondary N) is 1. The lowest BCUT2D eigenvalue weighted by atomic mass is 10.0. The van der Waals surface area contributed by atoms with Gasteiger partial charge in [0.1, 0.15) is 6.04 Å². The van der Waals surface area contributed by atoms with Crippen molar-refractivity contribution in [1.82, 2.24) is 5.32 Å². The van der Waals surface area contributed by atoms with Crippen LogP contribution < -0.4 is 5.32 Å². The molecule has 0 aliphatic carbocycles. The van der Waals surface area contributed by atoms with Crippen LogP contribution in [0.5, 0.6) is 0 Å². The molecule has 0 rings (SSSR count). The first-order valence-electron chi connectivity index (χ1n) is 4.81. The van der Waals surface area contributed by atoms with Gasteiger partial charge in [0.15, 0.2) is 0 Å². The molecule has 3 heteroatoms. The van der Waals surface area contributed by atoms with Crippen LogP contribution in [0.15, 0.2) is 0 Å². The van der Waals surface area contributed by atoms with Gasteiger partial charge in [0.2, 0.25) is 0 Å². The number of carbonyl (C=O) groups excluding carboxylic acids is 1. The van der Waals surface area contributed by atoms with Crippen LogP contribution in [-0.2, 0) is 9.53 Å². The van der Waals surface area contributed by atoms with E-state index in [9.17, 15) is 4.79 Å². The van der Waals surface area contributed by atoms with Crippen molar-refractivity contribution in [3.63, 3.8) is 0 Å². The predicted molar refractivity (Wildman–Crippen MR) is 53.5 cm³/mol. The van der Waals surface area contributed by atoms with Crippen molar-refractivity contribution in [2.24, 2.45) is 5.92 Å². The van der Waals surface area contributed by atoms with Crippen molar-refractivity contribution in [1.29, 1.82) is 0 Å². The molecule has 13 heavy (non-hydrogen) atoms. The van der Waals surface area contributed by atoms with Gasteiger partial charge in [-0.2, -0.15) is 0 Å². The first kappa shape index (κ1) is 12.4. The Balaban J connectivity index is 3.77. The third-order valence-corrected chi connectivity index (χ3v) is 1.91. The van der Waals surface area contributed by atoms with Gasteiger partial charge in [-0.15, -0.1) is 0 Å². The molecule has 0 fully saturated rings. The summed E-state index contributed by atoms with van der Waals surface area (Å²) >= 11 is 0. The van der Waals surface area contributed by atoms with E-state index in [2.05, 4.69) is 30.8 Å². The average Bonchev–Trinajstić information content (AvgIpc) is 2.01. The molecule has 1 N–H and O–H groups in total. The van der Waals surface area contributed by atoms with Crippen LogP contribution in [0.3, 0.4) is 0 Å². The molecule has 78 valence electrons. The lowest BCUT2D eigenvalue weighted by Crippen LogP contribution is -2.41. The normalized spacial score (nSPS) is 15.5. The molecule has 1 unspecified atom stereocenters. The number of hydrogen-bond donors (Lipinski definition) is 1. The Bertz CT molecular complexity index is 157. The van der Waals surface area contributed by atoms with Gasteiger partial charge in [-0.3, -0.25) is 4.79 Å². The first-order valence-corrected chi connectivity index (χ1v) is 4.81. The van der Waals surface area contributed by atoms with Gasteiger partial charge in [0.25, 0.3) is 0 Å². The summed E-state index contributed by atoms with van der Waals surface area (Å²) in [5, 5.41) is 3.19. The molecule has 3 nitrogen and oxygen atoms in total. The Kier molecular flexibility index (Phi) is 5.71. The van der Waals surface area contributed by atoms with Crippen molar-refractivity contribution >= 4 is 5.97 Å². The molecule has 0 bridgehead atoms. The summed E-state index contributed by atoms with van der Waals surface area (Å²) < 4.78 is 4.62. The molecule has 0 saturated carbocycles. The highest BCUT2D eigenvalue weighted by Crippen LogP contribution is 2.04. The molecule has 0 saturated heterocycles. The fourth-order valence-electron chi connectivity index (χ4n) is 1.45. The lowest BCUT2D eigenvalue weighted by Gasteiger charge is -2.19. The third kappa shape index (κ3) is 5.64. The second-order valence-electron chi connectivity index (χ2n) is 3.94. The topological polar surface area (TPSA) is 38.3 Å².